The lowest BCUT2D eigenvalue weighted by Gasteiger charge is -2.24. The highest BCUT2D eigenvalue weighted by atomic mass is 35.5. The molecule has 0 saturated carbocycles. The van der Waals surface area contributed by atoms with Gasteiger partial charge in [0.1, 0.15) is 0 Å². The van der Waals surface area contributed by atoms with Gasteiger partial charge in [-0.2, -0.15) is 4.31 Å². The van der Waals surface area contributed by atoms with Crippen molar-refractivity contribution in [2.24, 2.45) is 0 Å². The number of anilines is 1. The van der Waals surface area contributed by atoms with Gasteiger partial charge in [-0.1, -0.05) is 0 Å². The second kappa shape index (κ2) is 7.11. The van der Waals surface area contributed by atoms with Crippen LogP contribution in [0.5, 0.6) is 0 Å². The van der Waals surface area contributed by atoms with E-state index in [0.29, 0.717) is 30.4 Å². The number of fused-ring (bicyclic) bond motifs is 3. The van der Waals surface area contributed by atoms with Crippen molar-refractivity contribution in [3.63, 3.8) is 0 Å². The van der Waals surface area contributed by atoms with Gasteiger partial charge in [-0.3, -0.25) is 4.79 Å². The minimum absolute atomic E-state index is 0. The molecule has 6 nitrogen and oxygen atoms in total. The second-order valence-corrected chi connectivity index (χ2v) is 9.46. The molecule has 0 aliphatic carbocycles. The second-order valence-electron chi connectivity index (χ2n) is 7.52. The van der Waals surface area contributed by atoms with Gasteiger partial charge in [0.2, 0.25) is 15.9 Å². The molecule has 2 bridgehead atoms. The Labute approximate surface area is 161 Å². The molecule has 2 saturated heterocycles. The van der Waals surface area contributed by atoms with Gasteiger partial charge in [-0.25, -0.2) is 8.42 Å². The van der Waals surface area contributed by atoms with E-state index in [0.717, 1.165) is 30.5 Å². The maximum absolute atomic E-state index is 13.1. The molecule has 3 unspecified atom stereocenters. The fourth-order valence-electron chi connectivity index (χ4n) is 4.53. The Balaban J connectivity index is 0.00000196. The van der Waals surface area contributed by atoms with Crippen molar-refractivity contribution < 1.29 is 13.2 Å². The monoisotopic (exact) mass is 399 g/mol. The first-order valence-electron chi connectivity index (χ1n) is 9.05. The van der Waals surface area contributed by atoms with E-state index in [4.69, 9.17) is 0 Å². The summed E-state index contributed by atoms with van der Waals surface area (Å²) in [6.07, 6.45) is 3.77. The summed E-state index contributed by atoms with van der Waals surface area (Å²) >= 11 is 0. The molecule has 0 radical (unpaired) electrons. The van der Waals surface area contributed by atoms with Gasteiger partial charge in [0.25, 0.3) is 0 Å². The van der Waals surface area contributed by atoms with Gasteiger partial charge in [-0.15, -0.1) is 12.4 Å². The number of nitrogens with zero attached hydrogens (tertiary/aromatic N) is 2. The van der Waals surface area contributed by atoms with Crippen molar-refractivity contribution >= 4 is 34.0 Å². The number of rotatable bonds is 2. The van der Waals surface area contributed by atoms with Crippen molar-refractivity contribution in [2.45, 2.75) is 62.6 Å². The summed E-state index contributed by atoms with van der Waals surface area (Å²) in [4.78, 5) is 14.0. The van der Waals surface area contributed by atoms with E-state index in [1.807, 2.05) is 6.92 Å². The smallest absolute Gasteiger partial charge is 0.243 e. The predicted octanol–water partition coefficient (Wildman–Crippen LogP) is 1.92. The van der Waals surface area contributed by atoms with Crippen molar-refractivity contribution in [3.05, 3.63) is 23.8 Å². The third-order valence-corrected chi connectivity index (χ3v) is 7.59. The van der Waals surface area contributed by atoms with Gasteiger partial charge in [-0.05, 0) is 56.4 Å². The quantitative estimate of drug-likeness (QED) is 0.824. The lowest BCUT2D eigenvalue weighted by atomic mass is 10.1. The van der Waals surface area contributed by atoms with Crippen molar-refractivity contribution in [2.75, 3.05) is 18.0 Å². The summed E-state index contributed by atoms with van der Waals surface area (Å²) in [6, 6.07) is 6.00. The van der Waals surface area contributed by atoms with Crippen LogP contribution in [0.25, 0.3) is 0 Å². The SMILES string of the molecule is CC(=O)N1c2ccc(S(=O)(=O)N3CCC4CCC(C3)N4)cc2CC1C.Cl. The highest BCUT2D eigenvalue weighted by molar-refractivity contribution is 7.89. The van der Waals surface area contributed by atoms with Crippen LogP contribution >= 0.6 is 12.4 Å². The molecule has 144 valence electrons. The van der Waals surface area contributed by atoms with Crippen LogP contribution in [-0.4, -0.2) is 49.8 Å². The lowest BCUT2D eigenvalue weighted by Crippen LogP contribution is -2.39. The Hall–Kier alpha value is -1.15. The number of sulfonamides is 1. The number of amides is 1. The third kappa shape index (κ3) is 3.26. The summed E-state index contributed by atoms with van der Waals surface area (Å²) < 4.78 is 27.9. The van der Waals surface area contributed by atoms with Crippen LogP contribution in [0.15, 0.2) is 23.1 Å². The Morgan fingerprint density at radius 2 is 1.92 bits per heavy atom. The normalized spacial score (nSPS) is 28.4. The average Bonchev–Trinajstić information content (AvgIpc) is 3.04. The molecule has 0 aromatic heterocycles. The molecule has 1 N–H and O–H groups in total. The van der Waals surface area contributed by atoms with Crippen molar-refractivity contribution in [3.8, 4) is 0 Å². The molecule has 4 rings (SSSR count). The van der Waals surface area contributed by atoms with Crippen LogP contribution in [0, 0.1) is 0 Å². The lowest BCUT2D eigenvalue weighted by molar-refractivity contribution is -0.116. The van der Waals surface area contributed by atoms with E-state index in [1.165, 1.54) is 0 Å². The molecular formula is C18H26ClN3O3S. The Morgan fingerprint density at radius 3 is 2.65 bits per heavy atom. The van der Waals surface area contributed by atoms with E-state index in [9.17, 15) is 13.2 Å². The fraction of sp³-hybridized carbons (Fsp3) is 0.611. The Morgan fingerprint density at radius 1 is 1.19 bits per heavy atom. The molecule has 26 heavy (non-hydrogen) atoms. The Bertz CT molecular complexity index is 814. The number of benzene rings is 1. The number of nitrogens with one attached hydrogen (secondary N) is 1. The van der Waals surface area contributed by atoms with E-state index in [1.54, 1.807) is 34.3 Å². The fourth-order valence-corrected chi connectivity index (χ4v) is 6.08. The molecule has 1 aromatic rings. The van der Waals surface area contributed by atoms with E-state index in [2.05, 4.69) is 5.32 Å². The number of hydrogen-bond acceptors (Lipinski definition) is 4. The number of carbonyl (C=O) groups is 1. The topological polar surface area (TPSA) is 69.7 Å². The molecule has 3 heterocycles. The van der Waals surface area contributed by atoms with E-state index in [-0.39, 0.29) is 30.4 Å². The van der Waals surface area contributed by atoms with Crippen LogP contribution in [0.3, 0.4) is 0 Å². The zero-order valence-electron chi connectivity index (χ0n) is 15.1. The summed E-state index contributed by atoms with van der Waals surface area (Å²) in [5, 5.41) is 3.52. The standard InChI is InChI=1S/C18H25N3O3S.ClH/c1-12-9-14-10-17(5-6-18(14)21(12)13(2)22)25(23,24)20-8-7-15-3-4-16(11-20)19-15;/h5-6,10,12,15-16,19H,3-4,7-9,11H2,1-2H3;1H. The van der Waals surface area contributed by atoms with Crippen LogP contribution in [0.1, 0.15) is 38.7 Å². The molecule has 3 aliphatic rings. The predicted molar refractivity (Wildman–Crippen MR) is 103 cm³/mol. The van der Waals surface area contributed by atoms with Gasteiger partial charge >= 0.3 is 0 Å². The highest BCUT2D eigenvalue weighted by Gasteiger charge is 2.36. The third-order valence-electron chi connectivity index (χ3n) is 5.73. The van der Waals surface area contributed by atoms with Gasteiger partial charge < -0.3 is 10.2 Å². The first-order chi connectivity index (χ1) is 11.9. The van der Waals surface area contributed by atoms with Crippen LogP contribution in [0.2, 0.25) is 0 Å². The summed E-state index contributed by atoms with van der Waals surface area (Å²) in [5.41, 5.74) is 1.79. The maximum atomic E-state index is 13.1. The molecule has 8 heteroatoms. The zero-order chi connectivity index (χ0) is 17.8. The Kier molecular flexibility index (Phi) is 5.36. The van der Waals surface area contributed by atoms with Gasteiger partial charge in [0.05, 0.1) is 4.90 Å². The van der Waals surface area contributed by atoms with E-state index < -0.39 is 10.0 Å². The van der Waals surface area contributed by atoms with E-state index >= 15 is 0 Å². The van der Waals surface area contributed by atoms with Crippen LogP contribution in [-0.2, 0) is 21.2 Å². The minimum atomic E-state index is -3.49. The summed E-state index contributed by atoms with van der Waals surface area (Å²) in [5.74, 6) is -0.00326. The molecular weight excluding hydrogens is 374 g/mol. The molecule has 3 atom stereocenters. The summed E-state index contributed by atoms with van der Waals surface area (Å²) in [6.45, 7) is 4.66. The summed E-state index contributed by atoms with van der Waals surface area (Å²) in [7, 11) is -3.49. The van der Waals surface area contributed by atoms with Crippen LogP contribution < -0.4 is 10.2 Å². The highest BCUT2D eigenvalue weighted by Crippen LogP contribution is 2.35. The average molecular weight is 400 g/mol. The van der Waals surface area contributed by atoms with Gasteiger partial charge in [0.15, 0.2) is 0 Å². The number of carbonyl (C=O) groups excluding carboxylic acids is 1. The first-order valence-corrected chi connectivity index (χ1v) is 10.5. The van der Waals surface area contributed by atoms with Crippen molar-refractivity contribution in [1.29, 1.82) is 0 Å². The molecule has 3 aliphatic heterocycles. The van der Waals surface area contributed by atoms with Crippen LogP contribution in [0.4, 0.5) is 5.69 Å². The van der Waals surface area contributed by atoms with Crippen molar-refractivity contribution in [1.82, 2.24) is 9.62 Å². The maximum Gasteiger partial charge on any atom is 0.243 e. The minimum Gasteiger partial charge on any atom is -0.310 e. The first kappa shape index (κ1) is 19.6. The zero-order valence-corrected chi connectivity index (χ0v) is 16.8. The molecule has 1 amide bonds. The number of halogens is 1. The number of hydrogen-bond donors (Lipinski definition) is 1. The molecule has 0 spiro atoms. The molecule has 2 fully saturated rings. The van der Waals surface area contributed by atoms with Gasteiger partial charge in [0, 0.05) is 43.8 Å². The largest absolute Gasteiger partial charge is 0.310 e. The molecule has 1 aromatic carbocycles.